The fourth-order valence-electron chi connectivity index (χ4n) is 0.527. The van der Waals surface area contributed by atoms with Crippen molar-refractivity contribution in [3.63, 3.8) is 0 Å². The van der Waals surface area contributed by atoms with E-state index in [1.54, 1.807) is 0 Å². The van der Waals surface area contributed by atoms with E-state index in [9.17, 15) is 4.79 Å². The molecule has 0 bridgehead atoms. The van der Waals surface area contributed by atoms with E-state index in [0.717, 1.165) is 4.90 Å². The minimum Gasteiger partial charge on any atom is -0.389 e. The highest BCUT2D eigenvalue weighted by Crippen LogP contribution is 2.05. The first-order valence-corrected chi connectivity index (χ1v) is 5.00. The molecule has 0 fully saturated rings. The van der Waals surface area contributed by atoms with Crippen molar-refractivity contribution in [2.75, 3.05) is 14.2 Å². The summed E-state index contributed by atoms with van der Waals surface area (Å²) < 4.78 is 4.47. The first-order chi connectivity index (χ1) is 4.95. The zero-order chi connectivity index (χ0) is 9.07. The zero-order valence-corrected chi connectivity index (χ0v) is 7.81. The topological polar surface area (TPSA) is 70.0 Å². The maximum atomic E-state index is 10.2. The zero-order valence-electron chi connectivity index (χ0n) is 6.81. The van der Waals surface area contributed by atoms with Gasteiger partial charge in [0.15, 0.2) is 0 Å². The molecule has 0 saturated heterocycles. The van der Waals surface area contributed by atoms with Gasteiger partial charge in [0.25, 0.3) is 0 Å². The molecular formula is C5H13NO4Si. The Balaban J connectivity index is 4.21. The summed E-state index contributed by atoms with van der Waals surface area (Å²) in [4.78, 5) is 29.7. The largest absolute Gasteiger partial charge is 0.518 e. The molecule has 0 saturated carbocycles. The highest BCUT2D eigenvalue weighted by molar-refractivity contribution is 6.59. The van der Waals surface area contributed by atoms with E-state index >= 15 is 0 Å². The summed E-state index contributed by atoms with van der Waals surface area (Å²) in [5.41, 5.74) is -0.662. The number of carbonyl (C=O) groups is 1. The number of nitrogens with zero attached hydrogens (tertiary/aromatic N) is 1. The average Bonchev–Trinajstić information content (AvgIpc) is 2.01. The lowest BCUT2D eigenvalue weighted by atomic mass is 10.7. The smallest absolute Gasteiger partial charge is 0.389 e. The van der Waals surface area contributed by atoms with Gasteiger partial charge >= 0.3 is 8.80 Å². The van der Waals surface area contributed by atoms with Gasteiger partial charge in [0.2, 0.25) is 6.41 Å². The summed E-state index contributed by atoms with van der Waals surface area (Å²) in [7, 11) is -0.997. The van der Waals surface area contributed by atoms with E-state index in [1.807, 2.05) is 0 Å². The van der Waals surface area contributed by atoms with Gasteiger partial charge in [0, 0.05) is 14.2 Å². The Kier molecular flexibility index (Phi) is 3.66. The molecule has 1 amide bonds. The third-order valence-electron chi connectivity index (χ3n) is 1.62. The second kappa shape index (κ2) is 3.81. The van der Waals surface area contributed by atoms with Crippen molar-refractivity contribution in [1.82, 2.24) is 4.90 Å². The summed E-state index contributed by atoms with van der Waals surface area (Å²) in [5.74, 6) is 0. The van der Waals surface area contributed by atoms with Gasteiger partial charge in [-0.3, -0.25) is 4.79 Å². The molecule has 0 heterocycles. The summed E-state index contributed by atoms with van der Waals surface area (Å²) >= 11 is 0. The van der Waals surface area contributed by atoms with Crippen LogP contribution in [0, 0.1) is 0 Å². The van der Waals surface area contributed by atoms with Gasteiger partial charge in [0.05, 0.1) is 5.67 Å². The SMILES string of the molecule is CO[Si](O)(O)C(C)N(C)C=O. The highest BCUT2D eigenvalue weighted by Gasteiger charge is 2.41. The van der Waals surface area contributed by atoms with E-state index < -0.39 is 14.5 Å². The Labute approximate surface area is 66.6 Å². The van der Waals surface area contributed by atoms with Gasteiger partial charge in [0.1, 0.15) is 0 Å². The van der Waals surface area contributed by atoms with Crippen LogP contribution in [0.1, 0.15) is 6.92 Å². The summed E-state index contributed by atoms with van der Waals surface area (Å²) in [6, 6.07) is 0. The van der Waals surface area contributed by atoms with Crippen LogP contribution < -0.4 is 0 Å². The van der Waals surface area contributed by atoms with Crippen LogP contribution >= 0.6 is 0 Å². The lowest BCUT2D eigenvalue weighted by Crippen LogP contribution is -2.56. The first kappa shape index (κ1) is 10.6. The number of rotatable bonds is 4. The molecule has 1 unspecified atom stereocenters. The molecule has 2 N–H and O–H groups in total. The molecule has 0 aromatic carbocycles. The number of amides is 1. The number of hydrogen-bond donors (Lipinski definition) is 2. The maximum absolute atomic E-state index is 10.2. The number of hydrogen-bond acceptors (Lipinski definition) is 4. The van der Waals surface area contributed by atoms with Gasteiger partial charge in [-0.05, 0) is 6.92 Å². The van der Waals surface area contributed by atoms with Crippen LogP contribution in [0.15, 0.2) is 0 Å². The first-order valence-electron chi connectivity index (χ1n) is 3.12. The van der Waals surface area contributed by atoms with Crippen molar-refractivity contribution in [3.05, 3.63) is 0 Å². The molecule has 66 valence electrons. The standard InChI is InChI=1S/C5H13NO4Si/c1-5(6(2)4-7)11(8,9)10-3/h4-5,8-9H,1-3H3. The Morgan fingerprint density at radius 2 is 2.09 bits per heavy atom. The maximum Gasteiger partial charge on any atom is 0.518 e. The van der Waals surface area contributed by atoms with Crippen LogP contribution in [0.5, 0.6) is 0 Å². The molecule has 11 heavy (non-hydrogen) atoms. The second-order valence-electron chi connectivity index (χ2n) is 2.31. The van der Waals surface area contributed by atoms with E-state index in [0.29, 0.717) is 6.41 Å². The molecular weight excluding hydrogens is 166 g/mol. The van der Waals surface area contributed by atoms with Crippen molar-refractivity contribution < 1.29 is 18.8 Å². The van der Waals surface area contributed by atoms with Crippen LogP contribution in [0.3, 0.4) is 0 Å². The molecule has 0 rings (SSSR count). The minimum atomic E-state index is -3.67. The van der Waals surface area contributed by atoms with Crippen LogP contribution in [0.4, 0.5) is 0 Å². The molecule has 5 nitrogen and oxygen atoms in total. The van der Waals surface area contributed by atoms with Crippen LogP contribution in [0.25, 0.3) is 0 Å². The van der Waals surface area contributed by atoms with Crippen molar-refractivity contribution in [2.45, 2.75) is 12.6 Å². The molecule has 1 atom stereocenters. The van der Waals surface area contributed by atoms with Gasteiger partial charge in [-0.25, -0.2) is 0 Å². The van der Waals surface area contributed by atoms with Gasteiger partial charge in [-0.1, -0.05) is 0 Å². The third-order valence-corrected chi connectivity index (χ3v) is 3.72. The lowest BCUT2D eigenvalue weighted by molar-refractivity contribution is -0.118. The fourth-order valence-corrected chi connectivity index (χ4v) is 1.46. The Bertz CT molecular complexity index is 140. The monoisotopic (exact) mass is 179 g/mol. The normalized spacial score (nSPS) is 14.3. The van der Waals surface area contributed by atoms with E-state index in [-0.39, 0.29) is 0 Å². The van der Waals surface area contributed by atoms with E-state index in [1.165, 1.54) is 21.1 Å². The van der Waals surface area contributed by atoms with Crippen LogP contribution in [-0.2, 0) is 9.22 Å². The van der Waals surface area contributed by atoms with Crippen molar-refractivity contribution in [3.8, 4) is 0 Å². The highest BCUT2D eigenvalue weighted by atomic mass is 28.4. The van der Waals surface area contributed by atoms with Crippen LogP contribution in [0.2, 0.25) is 0 Å². The Hall–Kier alpha value is -0.433. The summed E-state index contributed by atoms with van der Waals surface area (Å²) in [6.07, 6.45) is 0.526. The van der Waals surface area contributed by atoms with Crippen molar-refractivity contribution in [1.29, 1.82) is 0 Å². The van der Waals surface area contributed by atoms with Gasteiger partial charge in [-0.2, -0.15) is 0 Å². The molecule has 6 heteroatoms. The quantitative estimate of drug-likeness (QED) is 0.410. The summed E-state index contributed by atoms with van der Waals surface area (Å²) in [6.45, 7) is 1.52. The van der Waals surface area contributed by atoms with Crippen molar-refractivity contribution >= 4 is 15.2 Å². The van der Waals surface area contributed by atoms with Gasteiger partial charge in [-0.15, -0.1) is 0 Å². The number of carbonyl (C=O) groups excluding carboxylic acids is 1. The predicted octanol–water partition coefficient (Wildman–Crippen LogP) is -1.43. The molecule has 0 aromatic heterocycles. The summed E-state index contributed by atoms with van der Waals surface area (Å²) in [5, 5.41) is 0. The third kappa shape index (κ3) is 2.58. The molecule has 0 aliphatic rings. The average molecular weight is 179 g/mol. The minimum absolute atomic E-state index is 0.526. The van der Waals surface area contributed by atoms with Gasteiger partial charge < -0.3 is 18.9 Å². The van der Waals surface area contributed by atoms with Crippen molar-refractivity contribution in [2.24, 2.45) is 0 Å². The molecule has 0 spiro atoms. The molecule has 0 aliphatic carbocycles. The van der Waals surface area contributed by atoms with Crippen LogP contribution in [-0.4, -0.2) is 49.5 Å². The fraction of sp³-hybridized carbons (Fsp3) is 0.800. The predicted molar refractivity (Wildman–Crippen MR) is 40.5 cm³/mol. The Morgan fingerprint density at radius 3 is 2.36 bits per heavy atom. The second-order valence-corrected chi connectivity index (χ2v) is 4.87. The van der Waals surface area contributed by atoms with E-state index in [4.69, 9.17) is 9.59 Å². The molecule has 0 aliphatic heterocycles. The molecule has 0 radical (unpaired) electrons. The molecule has 0 aromatic rings. The van der Waals surface area contributed by atoms with E-state index in [2.05, 4.69) is 4.43 Å². The lowest BCUT2D eigenvalue weighted by Gasteiger charge is -2.27. The Morgan fingerprint density at radius 1 is 1.64 bits per heavy atom.